The van der Waals surface area contributed by atoms with Crippen molar-refractivity contribution in [2.24, 2.45) is 5.92 Å². The van der Waals surface area contributed by atoms with Gasteiger partial charge in [-0.25, -0.2) is 4.98 Å². The SMILES string of the molecule is Cc1cnc(C(=O)N[C@@H](CC(C)C)C(=O)N(C)C)cn1. The fourth-order valence-corrected chi connectivity index (χ4v) is 1.75. The van der Waals surface area contributed by atoms with Gasteiger partial charge in [0.15, 0.2) is 0 Å². The van der Waals surface area contributed by atoms with Crippen molar-refractivity contribution >= 4 is 11.8 Å². The van der Waals surface area contributed by atoms with Gasteiger partial charge in [0, 0.05) is 20.3 Å². The Hall–Kier alpha value is -1.98. The number of carbonyl (C=O) groups is 2. The molecule has 1 aromatic rings. The van der Waals surface area contributed by atoms with E-state index in [0.29, 0.717) is 12.3 Å². The second kappa shape index (κ2) is 6.98. The summed E-state index contributed by atoms with van der Waals surface area (Å²) in [5, 5.41) is 2.73. The van der Waals surface area contributed by atoms with Crippen molar-refractivity contribution in [1.29, 1.82) is 0 Å². The van der Waals surface area contributed by atoms with Crippen molar-refractivity contribution < 1.29 is 9.59 Å². The van der Waals surface area contributed by atoms with E-state index in [-0.39, 0.29) is 17.5 Å². The molecule has 1 aromatic heterocycles. The van der Waals surface area contributed by atoms with Crippen LogP contribution in [0, 0.1) is 12.8 Å². The maximum atomic E-state index is 12.1. The molecule has 0 bridgehead atoms. The smallest absolute Gasteiger partial charge is 0.272 e. The van der Waals surface area contributed by atoms with E-state index in [1.54, 1.807) is 21.0 Å². The molecule has 6 nitrogen and oxygen atoms in total. The first-order chi connectivity index (χ1) is 9.31. The molecule has 110 valence electrons. The van der Waals surface area contributed by atoms with Gasteiger partial charge in [0.1, 0.15) is 11.7 Å². The maximum absolute atomic E-state index is 12.1. The molecule has 1 atom stereocenters. The van der Waals surface area contributed by atoms with E-state index in [1.807, 2.05) is 13.8 Å². The summed E-state index contributed by atoms with van der Waals surface area (Å²) in [7, 11) is 3.35. The van der Waals surface area contributed by atoms with Gasteiger partial charge in [-0.15, -0.1) is 0 Å². The fourth-order valence-electron chi connectivity index (χ4n) is 1.75. The van der Waals surface area contributed by atoms with Crippen molar-refractivity contribution in [3.8, 4) is 0 Å². The summed E-state index contributed by atoms with van der Waals surface area (Å²) >= 11 is 0. The van der Waals surface area contributed by atoms with Crippen LogP contribution < -0.4 is 5.32 Å². The minimum Gasteiger partial charge on any atom is -0.347 e. The first-order valence-corrected chi connectivity index (χ1v) is 6.62. The topological polar surface area (TPSA) is 75.2 Å². The van der Waals surface area contributed by atoms with Crippen LogP contribution >= 0.6 is 0 Å². The van der Waals surface area contributed by atoms with E-state index in [2.05, 4.69) is 15.3 Å². The zero-order valence-corrected chi connectivity index (χ0v) is 12.7. The lowest BCUT2D eigenvalue weighted by molar-refractivity contribution is -0.131. The Kier molecular flexibility index (Phi) is 5.61. The lowest BCUT2D eigenvalue weighted by atomic mass is 10.0. The Balaban J connectivity index is 2.81. The minimum absolute atomic E-state index is 0.118. The van der Waals surface area contributed by atoms with Crippen LogP contribution in [-0.4, -0.2) is 46.8 Å². The molecular weight excluding hydrogens is 256 g/mol. The number of aryl methyl sites for hydroxylation is 1. The van der Waals surface area contributed by atoms with Gasteiger partial charge in [0.25, 0.3) is 5.91 Å². The van der Waals surface area contributed by atoms with Gasteiger partial charge in [0.2, 0.25) is 5.91 Å². The standard InChI is InChI=1S/C14H22N4O2/c1-9(2)6-11(14(20)18(4)5)17-13(19)12-8-15-10(3)7-16-12/h7-9,11H,6H2,1-5H3,(H,17,19)/t11-/m0/s1. The van der Waals surface area contributed by atoms with E-state index in [4.69, 9.17) is 0 Å². The number of amides is 2. The number of aromatic nitrogens is 2. The van der Waals surface area contributed by atoms with Crippen molar-refractivity contribution in [2.75, 3.05) is 14.1 Å². The lowest BCUT2D eigenvalue weighted by Crippen LogP contribution is -2.47. The quantitative estimate of drug-likeness (QED) is 0.872. The molecule has 20 heavy (non-hydrogen) atoms. The first-order valence-electron chi connectivity index (χ1n) is 6.62. The minimum atomic E-state index is -0.541. The predicted octanol–water partition coefficient (Wildman–Crippen LogP) is 1.02. The normalized spacial score (nSPS) is 12.1. The molecule has 0 aliphatic carbocycles. The summed E-state index contributed by atoms with van der Waals surface area (Å²) in [4.78, 5) is 33.7. The molecule has 1 heterocycles. The summed E-state index contributed by atoms with van der Waals surface area (Å²) in [5.74, 6) is -0.196. The van der Waals surface area contributed by atoms with Crippen LogP contribution in [0.1, 0.15) is 36.5 Å². The summed E-state index contributed by atoms with van der Waals surface area (Å²) in [6.07, 6.45) is 3.53. The van der Waals surface area contributed by atoms with E-state index < -0.39 is 6.04 Å². The molecule has 0 fully saturated rings. The van der Waals surface area contributed by atoms with Crippen LogP contribution in [-0.2, 0) is 4.79 Å². The maximum Gasteiger partial charge on any atom is 0.272 e. The second-order valence-corrected chi connectivity index (χ2v) is 5.43. The van der Waals surface area contributed by atoms with Crippen LogP contribution in [0.3, 0.4) is 0 Å². The highest BCUT2D eigenvalue weighted by Gasteiger charge is 2.24. The highest BCUT2D eigenvalue weighted by atomic mass is 16.2. The molecule has 1 N–H and O–H groups in total. The molecule has 1 rings (SSSR count). The molecule has 6 heteroatoms. The number of likely N-dealkylation sites (N-methyl/N-ethyl adjacent to an activating group) is 1. The molecule has 0 radical (unpaired) electrons. The number of hydrogen-bond acceptors (Lipinski definition) is 4. The largest absolute Gasteiger partial charge is 0.347 e. The van der Waals surface area contributed by atoms with Gasteiger partial charge in [-0.2, -0.15) is 0 Å². The molecule has 0 aliphatic rings. The van der Waals surface area contributed by atoms with Gasteiger partial charge in [-0.05, 0) is 19.3 Å². The Bertz CT molecular complexity index is 469. The van der Waals surface area contributed by atoms with Gasteiger partial charge in [0.05, 0.1) is 11.9 Å². The third kappa shape index (κ3) is 4.60. The van der Waals surface area contributed by atoms with Gasteiger partial charge in [-0.1, -0.05) is 13.8 Å². The van der Waals surface area contributed by atoms with Crippen molar-refractivity contribution in [3.63, 3.8) is 0 Å². The molecule has 0 saturated heterocycles. The highest BCUT2D eigenvalue weighted by Crippen LogP contribution is 2.08. The van der Waals surface area contributed by atoms with E-state index >= 15 is 0 Å². The molecule has 2 amide bonds. The predicted molar refractivity (Wildman–Crippen MR) is 76.2 cm³/mol. The number of nitrogens with one attached hydrogen (secondary N) is 1. The van der Waals surface area contributed by atoms with Crippen LogP contribution in [0.15, 0.2) is 12.4 Å². The van der Waals surface area contributed by atoms with Crippen LogP contribution in [0.4, 0.5) is 0 Å². The summed E-state index contributed by atoms with van der Waals surface area (Å²) in [6, 6.07) is -0.541. The molecule has 0 unspecified atom stereocenters. The van der Waals surface area contributed by atoms with Crippen molar-refractivity contribution in [1.82, 2.24) is 20.2 Å². The van der Waals surface area contributed by atoms with E-state index in [0.717, 1.165) is 5.69 Å². The van der Waals surface area contributed by atoms with Crippen LogP contribution in [0.25, 0.3) is 0 Å². The Morgan fingerprint density at radius 3 is 2.35 bits per heavy atom. The van der Waals surface area contributed by atoms with Crippen molar-refractivity contribution in [3.05, 3.63) is 23.8 Å². The second-order valence-electron chi connectivity index (χ2n) is 5.43. The van der Waals surface area contributed by atoms with Crippen LogP contribution in [0.2, 0.25) is 0 Å². The van der Waals surface area contributed by atoms with E-state index in [9.17, 15) is 9.59 Å². The summed E-state index contributed by atoms with van der Waals surface area (Å²) < 4.78 is 0. The Morgan fingerprint density at radius 2 is 1.90 bits per heavy atom. The highest BCUT2D eigenvalue weighted by molar-refractivity contribution is 5.95. The average Bonchev–Trinajstić information content (AvgIpc) is 2.37. The zero-order chi connectivity index (χ0) is 15.3. The third-order valence-corrected chi connectivity index (χ3v) is 2.76. The van der Waals surface area contributed by atoms with Crippen LogP contribution in [0.5, 0.6) is 0 Å². The zero-order valence-electron chi connectivity index (χ0n) is 12.7. The fraction of sp³-hybridized carbons (Fsp3) is 0.571. The molecule has 0 spiro atoms. The summed E-state index contributed by atoms with van der Waals surface area (Å²) in [5.41, 5.74) is 0.959. The Labute approximate surface area is 119 Å². The summed E-state index contributed by atoms with van der Waals surface area (Å²) in [6.45, 7) is 5.81. The molecular formula is C14H22N4O2. The van der Waals surface area contributed by atoms with Gasteiger partial charge < -0.3 is 10.2 Å². The van der Waals surface area contributed by atoms with E-state index in [1.165, 1.54) is 17.3 Å². The van der Waals surface area contributed by atoms with Gasteiger partial charge in [-0.3, -0.25) is 14.6 Å². The molecule has 0 aromatic carbocycles. The first kappa shape index (κ1) is 16.1. The Morgan fingerprint density at radius 1 is 1.25 bits per heavy atom. The lowest BCUT2D eigenvalue weighted by Gasteiger charge is -2.23. The number of rotatable bonds is 5. The third-order valence-electron chi connectivity index (χ3n) is 2.76. The van der Waals surface area contributed by atoms with Gasteiger partial charge >= 0.3 is 0 Å². The molecule has 0 saturated carbocycles. The van der Waals surface area contributed by atoms with Crippen molar-refractivity contribution in [2.45, 2.75) is 33.2 Å². The molecule has 0 aliphatic heterocycles. The number of hydrogen-bond donors (Lipinski definition) is 1. The number of carbonyl (C=O) groups excluding carboxylic acids is 2. The monoisotopic (exact) mass is 278 g/mol. The average molecular weight is 278 g/mol. The number of nitrogens with zero attached hydrogens (tertiary/aromatic N) is 3.